The second-order valence-corrected chi connectivity index (χ2v) is 10.9. The van der Waals surface area contributed by atoms with Crippen LogP contribution in [0.3, 0.4) is 0 Å². The number of hydrogen-bond acceptors (Lipinski definition) is 11. The Morgan fingerprint density at radius 1 is 1.19 bits per heavy atom. The van der Waals surface area contributed by atoms with E-state index in [1.54, 1.807) is 24.5 Å². The van der Waals surface area contributed by atoms with Crippen LogP contribution in [0.4, 0.5) is 22.0 Å². The Kier molecular flexibility index (Phi) is 9.26. The van der Waals surface area contributed by atoms with Crippen molar-refractivity contribution in [2.75, 3.05) is 75.0 Å². The first-order valence-corrected chi connectivity index (χ1v) is 14.4. The minimum atomic E-state index is -0.563. The summed E-state index contributed by atoms with van der Waals surface area (Å²) >= 11 is 0. The van der Waals surface area contributed by atoms with Crippen LogP contribution >= 0.6 is 0 Å². The standard InChI is InChI=1S/C29H39FN10O3/c1-19(2)26(31)27(41)33-8-16-42-20-6-7-23(21(30)17-20)39-13-11-38(12-14-39)10-9-37(3)29-34-25-18-22(24-5-4-15-43-24)36-40(25)28(32)35-29/h4-7,15,17-19,26H,8-14,16,31H2,1-3H3,(H,33,41)(H2,32,34,35)/t26-/m0/s1. The van der Waals surface area contributed by atoms with E-state index in [1.807, 2.05) is 42.8 Å². The molecular weight excluding hydrogens is 555 g/mol. The highest BCUT2D eigenvalue weighted by Gasteiger charge is 2.21. The highest BCUT2D eigenvalue weighted by molar-refractivity contribution is 5.81. The number of furan rings is 1. The molecule has 0 radical (unpaired) electrons. The van der Waals surface area contributed by atoms with Crippen molar-refractivity contribution >= 4 is 29.1 Å². The summed E-state index contributed by atoms with van der Waals surface area (Å²) in [5.74, 6) is 1.30. The van der Waals surface area contributed by atoms with E-state index in [2.05, 4.69) is 25.3 Å². The van der Waals surface area contributed by atoms with Crippen LogP contribution in [0.5, 0.6) is 5.75 Å². The van der Waals surface area contributed by atoms with Gasteiger partial charge in [-0.2, -0.15) is 19.6 Å². The molecule has 1 aliphatic rings. The lowest BCUT2D eigenvalue weighted by molar-refractivity contribution is -0.123. The van der Waals surface area contributed by atoms with Crippen LogP contribution in [0, 0.1) is 11.7 Å². The Balaban J connectivity index is 1.08. The average molecular weight is 595 g/mol. The van der Waals surface area contributed by atoms with Gasteiger partial charge in [-0.15, -0.1) is 0 Å². The van der Waals surface area contributed by atoms with Crippen molar-refractivity contribution in [3.8, 4) is 17.2 Å². The molecule has 230 valence electrons. The highest BCUT2D eigenvalue weighted by Crippen LogP contribution is 2.25. The maximum atomic E-state index is 15.0. The first-order chi connectivity index (χ1) is 20.7. The number of aromatic nitrogens is 4. The minimum Gasteiger partial charge on any atom is -0.492 e. The number of nitrogen functional groups attached to an aromatic ring is 1. The molecule has 1 aliphatic heterocycles. The quantitative estimate of drug-likeness (QED) is 0.206. The van der Waals surface area contributed by atoms with Crippen LogP contribution in [-0.4, -0.2) is 95.9 Å². The average Bonchev–Trinajstić information content (AvgIpc) is 3.69. The zero-order valence-corrected chi connectivity index (χ0v) is 24.7. The zero-order chi connectivity index (χ0) is 30.5. The largest absolute Gasteiger partial charge is 0.492 e. The number of carbonyl (C=O) groups excluding carboxylic acids is 1. The number of nitrogens with one attached hydrogen (secondary N) is 1. The monoisotopic (exact) mass is 594 g/mol. The molecule has 4 heterocycles. The molecule has 0 bridgehead atoms. The van der Waals surface area contributed by atoms with Gasteiger partial charge in [0.2, 0.25) is 17.8 Å². The van der Waals surface area contributed by atoms with Crippen LogP contribution in [0.2, 0.25) is 0 Å². The summed E-state index contributed by atoms with van der Waals surface area (Å²) < 4.78 is 27.5. The molecular formula is C29H39FN10O3. The van der Waals surface area contributed by atoms with Crippen molar-refractivity contribution in [3.05, 3.63) is 48.5 Å². The van der Waals surface area contributed by atoms with Gasteiger partial charge in [0.05, 0.1) is 24.5 Å². The molecule has 0 unspecified atom stereocenters. The number of halogens is 1. The van der Waals surface area contributed by atoms with Crippen LogP contribution in [0.25, 0.3) is 17.1 Å². The lowest BCUT2D eigenvalue weighted by atomic mass is 10.1. The molecule has 1 saturated heterocycles. The lowest BCUT2D eigenvalue weighted by Gasteiger charge is -2.36. The smallest absolute Gasteiger partial charge is 0.237 e. The molecule has 3 aromatic heterocycles. The number of hydrogen-bond donors (Lipinski definition) is 3. The predicted molar refractivity (Wildman–Crippen MR) is 163 cm³/mol. The van der Waals surface area contributed by atoms with Crippen molar-refractivity contribution in [3.63, 3.8) is 0 Å². The fourth-order valence-electron chi connectivity index (χ4n) is 4.81. The number of amides is 1. The third-order valence-corrected chi connectivity index (χ3v) is 7.53. The van der Waals surface area contributed by atoms with Crippen molar-refractivity contribution in [1.29, 1.82) is 0 Å². The van der Waals surface area contributed by atoms with Gasteiger partial charge in [-0.05, 0) is 30.2 Å². The Hall–Kier alpha value is -4.43. The van der Waals surface area contributed by atoms with Crippen LogP contribution in [0.1, 0.15) is 13.8 Å². The number of carbonyl (C=O) groups is 1. The molecule has 43 heavy (non-hydrogen) atoms. The summed E-state index contributed by atoms with van der Waals surface area (Å²) in [4.78, 5) is 27.3. The van der Waals surface area contributed by atoms with E-state index in [-0.39, 0.29) is 30.2 Å². The van der Waals surface area contributed by atoms with Crippen LogP contribution < -0.4 is 31.3 Å². The molecule has 0 aliphatic carbocycles. The number of nitrogens with two attached hydrogens (primary N) is 2. The molecule has 5 N–H and O–H groups in total. The SMILES string of the molecule is CC(C)[C@H](N)C(=O)NCCOc1ccc(N2CCN(CCN(C)c3nc(N)n4nc(-c5ccco5)cc4n3)CC2)c(F)c1. The molecule has 1 atom stereocenters. The second kappa shape index (κ2) is 13.3. The van der Waals surface area contributed by atoms with Gasteiger partial charge in [0.25, 0.3) is 0 Å². The number of rotatable bonds is 12. The Morgan fingerprint density at radius 2 is 1.98 bits per heavy atom. The summed E-state index contributed by atoms with van der Waals surface area (Å²) in [7, 11) is 1.93. The molecule has 0 saturated carbocycles. The molecule has 0 spiro atoms. The maximum absolute atomic E-state index is 15.0. The molecule has 14 heteroatoms. The van der Waals surface area contributed by atoms with Gasteiger partial charge in [0.1, 0.15) is 23.9 Å². The number of anilines is 3. The van der Waals surface area contributed by atoms with Gasteiger partial charge in [-0.3, -0.25) is 9.69 Å². The highest BCUT2D eigenvalue weighted by atomic mass is 19.1. The molecule has 1 aromatic carbocycles. The molecule has 13 nitrogen and oxygen atoms in total. The minimum absolute atomic E-state index is 0.0483. The fourth-order valence-corrected chi connectivity index (χ4v) is 4.81. The van der Waals surface area contributed by atoms with Gasteiger partial charge in [0.15, 0.2) is 11.4 Å². The number of likely N-dealkylation sites (N-methyl/N-ethyl adjacent to an activating group) is 1. The van der Waals surface area contributed by atoms with Gasteiger partial charge in [0, 0.05) is 58.4 Å². The first-order valence-electron chi connectivity index (χ1n) is 14.4. The number of piperazine rings is 1. The Morgan fingerprint density at radius 3 is 2.67 bits per heavy atom. The van der Waals surface area contributed by atoms with Gasteiger partial charge in [-0.1, -0.05) is 13.8 Å². The number of nitrogens with zero attached hydrogens (tertiary/aromatic N) is 7. The van der Waals surface area contributed by atoms with E-state index in [0.717, 1.165) is 19.6 Å². The maximum Gasteiger partial charge on any atom is 0.237 e. The van der Waals surface area contributed by atoms with Crippen molar-refractivity contribution in [2.24, 2.45) is 11.7 Å². The number of fused-ring (bicyclic) bond motifs is 1. The molecule has 5 rings (SSSR count). The van der Waals surface area contributed by atoms with Crippen molar-refractivity contribution in [1.82, 2.24) is 29.8 Å². The van der Waals surface area contributed by atoms with Gasteiger partial charge < -0.3 is 35.7 Å². The third kappa shape index (κ3) is 7.14. The second-order valence-electron chi connectivity index (χ2n) is 10.9. The summed E-state index contributed by atoms with van der Waals surface area (Å²) in [5, 5.41) is 7.18. The van der Waals surface area contributed by atoms with E-state index < -0.39 is 6.04 Å². The van der Waals surface area contributed by atoms with Crippen LogP contribution in [-0.2, 0) is 4.79 Å². The summed E-state index contributed by atoms with van der Waals surface area (Å²) in [5.41, 5.74) is 13.8. The normalized spacial score (nSPS) is 14.8. The summed E-state index contributed by atoms with van der Waals surface area (Å²) in [6, 6.07) is 9.76. The van der Waals surface area contributed by atoms with E-state index >= 15 is 0 Å². The van der Waals surface area contributed by atoms with E-state index in [4.69, 9.17) is 20.6 Å². The van der Waals surface area contributed by atoms with Crippen molar-refractivity contribution in [2.45, 2.75) is 19.9 Å². The predicted octanol–water partition coefficient (Wildman–Crippen LogP) is 1.84. The fraction of sp³-hybridized carbons (Fsp3) is 0.448. The molecule has 1 amide bonds. The summed E-state index contributed by atoms with van der Waals surface area (Å²) in [6.07, 6.45) is 1.59. The topological polar surface area (TPSA) is 156 Å². The first kappa shape index (κ1) is 30.0. The third-order valence-electron chi connectivity index (χ3n) is 7.53. The zero-order valence-electron chi connectivity index (χ0n) is 24.7. The van der Waals surface area contributed by atoms with Crippen molar-refractivity contribution < 1.29 is 18.3 Å². The summed E-state index contributed by atoms with van der Waals surface area (Å²) in [6.45, 7) is 8.77. The molecule has 4 aromatic rings. The number of benzene rings is 1. The van der Waals surface area contributed by atoms with Gasteiger partial charge >= 0.3 is 0 Å². The van der Waals surface area contributed by atoms with Gasteiger partial charge in [-0.25, -0.2) is 4.39 Å². The number of ether oxygens (including phenoxy) is 1. The lowest BCUT2D eigenvalue weighted by Crippen LogP contribution is -2.48. The van der Waals surface area contributed by atoms with E-state index in [1.165, 1.54) is 10.6 Å². The van der Waals surface area contributed by atoms with E-state index in [0.29, 0.717) is 60.7 Å². The van der Waals surface area contributed by atoms with E-state index in [9.17, 15) is 9.18 Å². The Bertz CT molecular complexity index is 1520. The Labute approximate surface area is 249 Å². The molecule has 1 fully saturated rings. The van der Waals surface area contributed by atoms with Crippen LogP contribution in [0.15, 0.2) is 47.1 Å².